The van der Waals surface area contributed by atoms with Crippen LogP contribution in [0.5, 0.6) is 0 Å². The molecule has 0 saturated heterocycles. The van der Waals surface area contributed by atoms with Gasteiger partial charge in [-0.2, -0.15) is 0 Å². The van der Waals surface area contributed by atoms with Gasteiger partial charge >= 0.3 is 0 Å². The third-order valence-corrected chi connectivity index (χ3v) is 7.66. The van der Waals surface area contributed by atoms with Crippen molar-refractivity contribution in [2.75, 3.05) is 24.3 Å². The Morgan fingerprint density at radius 3 is 2.67 bits per heavy atom. The molecule has 2 aromatic rings. The van der Waals surface area contributed by atoms with Gasteiger partial charge in [0.1, 0.15) is 6.10 Å². The van der Waals surface area contributed by atoms with E-state index in [1.807, 2.05) is 60.8 Å². The highest BCUT2D eigenvalue weighted by Gasteiger charge is 2.50. The Hall–Kier alpha value is -2.07. The largest absolute Gasteiger partial charge is 0.390 e. The van der Waals surface area contributed by atoms with Crippen molar-refractivity contribution in [2.45, 2.75) is 36.5 Å². The predicted octanol–water partition coefficient (Wildman–Crippen LogP) is 2.12. The van der Waals surface area contributed by atoms with E-state index in [1.165, 1.54) is 11.8 Å². The molecule has 5 atom stereocenters. The summed E-state index contributed by atoms with van der Waals surface area (Å²) in [7, 11) is 3.97. The summed E-state index contributed by atoms with van der Waals surface area (Å²) in [6.45, 7) is 0.470. The summed E-state index contributed by atoms with van der Waals surface area (Å²) in [5, 5.41) is 29.5. The first-order valence-electron chi connectivity index (χ1n) is 9.87. The molecule has 30 heavy (non-hydrogen) atoms. The van der Waals surface area contributed by atoms with Gasteiger partial charge in [0.05, 0.1) is 24.6 Å². The van der Waals surface area contributed by atoms with E-state index < -0.39 is 24.2 Å². The molecule has 9 heteroatoms. The lowest BCUT2D eigenvalue weighted by atomic mass is 9.81. The van der Waals surface area contributed by atoms with Crippen LogP contribution in [-0.2, 0) is 11.3 Å². The summed E-state index contributed by atoms with van der Waals surface area (Å²) in [5.74, 6) is -0.527. The summed E-state index contributed by atoms with van der Waals surface area (Å²) in [6, 6.07) is 11.4. The molecule has 0 spiro atoms. The summed E-state index contributed by atoms with van der Waals surface area (Å²) < 4.78 is 0. The fourth-order valence-electron chi connectivity index (χ4n) is 3.79. The van der Waals surface area contributed by atoms with Crippen LogP contribution >= 0.6 is 23.1 Å². The van der Waals surface area contributed by atoms with Crippen molar-refractivity contribution in [3.05, 3.63) is 46.7 Å². The number of aliphatic hydroxyl groups excluding tert-OH is 2. The maximum absolute atomic E-state index is 12.9. The molecule has 7 nitrogen and oxygen atoms in total. The summed E-state index contributed by atoms with van der Waals surface area (Å²) in [6.07, 6.45) is -1.71. The maximum atomic E-state index is 12.9. The zero-order valence-electron chi connectivity index (χ0n) is 16.9. The highest BCUT2D eigenvalue weighted by Crippen LogP contribution is 2.41. The van der Waals surface area contributed by atoms with E-state index in [2.05, 4.69) is 15.6 Å². The zero-order valence-corrected chi connectivity index (χ0v) is 18.5. The van der Waals surface area contributed by atoms with E-state index >= 15 is 0 Å². The average Bonchev–Trinajstić information content (AvgIpc) is 3.39. The van der Waals surface area contributed by atoms with E-state index in [0.717, 1.165) is 16.3 Å². The molecule has 160 valence electrons. The van der Waals surface area contributed by atoms with E-state index in [9.17, 15) is 15.0 Å². The van der Waals surface area contributed by atoms with Gasteiger partial charge in [0.2, 0.25) is 5.91 Å². The Kier molecular flexibility index (Phi) is 6.33. The number of nitrogens with one attached hydrogen (secondary N) is 2. The topological polar surface area (TPSA) is 97.2 Å². The first kappa shape index (κ1) is 21.2. The molecular weight excluding hydrogens is 420 g/mol. The lowest BCUT2D eigenvalue weighted by Crippen LogP contribution is -2.53. The maximum Gasteiger partial charge on any atom is 0.224 e. The number of amides is 1. The molecule has 1 saturated carbocycles. The Morgan fingerprint density at radius 1 is 1.23 bits per heavy atom. The standard InChI is InChI=1S/C21H26N4O3S2/c1-25(2)13-7-5-12(6-8-13)23-21-24-17-18(27)16(26)10-15(19(17)30-21)20(28)22-11-14-4-3-9-29-14/h3-9,15-19,26-27H,10-11H2,1-2H3,(H,22,28)(H,23,24)/t15-,16+,17-,18-,19+/m0/s1. The van der Waals surface area contributed by atoms with Crippen LogP contribution in [0, 0.1) is 5.92 Å². The SMILES string of the molecule is CN(C)c1ccc(NC2=N[C@H]3[C@@H](O)[C@H](O)C[C@H](C(=O)NCc4cccs4)[C@H]3S2)cc1. The number of thiophene rings is 1. The molecule has 1 fully saturated rings. The Labute approximate surface area is 184 Å². The molecule has 2 aliphatic rings. The molecular formula is C21H26N4O3S2. The Morgan fingerprint density at radius 2 is 2.00 bits per heavy atom. The number of nitrogens with zero attached hydrogens (tertiary/aromatic N) is 2. The number of amidine groups is 1. The molecule has 0 unspecified atom stereocenters. The monoisotopic (exact) mass is 446 g/mol. The number of rotatable bonds is 5. The fourth-order valence-corrected chi connectivity index (χ4v) is 5.81. The van der Waals surface area contributed by atoms with Crippen LogP contribution < -0.4 is 15.5 Å². The van der Waals surface area contributed by atoms with Gasteiger partial charge in [-0.25, -0.2) is 0 Å². The second kappa shape index (κ2) is 8.97. The van der Waals surface area contributed by atoms with Crippen molar-refractivity contribution in [1.82, 2.24) is 5.32 Å². The molecule has 1 aliphatic heterocycles. The highest BCUT2D eigenvalue weighted by molar-refractivity contribution is 8.15. The van der Waals surface area contributed by atoms with Gasteiger partial charge in [0.25, 0.3) is 0 Å². The van der Waals surface area contributed by atoms with E-state index in [1.54, 1.807) is 11.3 Å². The number of thioether (sulfide) groups is 1. The number of carbonyl (C=O) groups excluding carboxylic acids is 1. The van der Waals surface area contributed by atoms with Crippen LogP contribution in [0.15, 0.2) is 46.8 Å². The number of carbonyl (C=O) groups is 1. The summed E-state index contributed by atoms with van der Waals surface area (Å²) >= 11 is 3.06. The third kappa shape index (κ3) is 4.49. The molecule has 1 aromatic heterocycles. The average molecular weight is 447 g/mol. The minimum Gasteiger partial charge on any atom is -0.390 e. The van der Waals surface area contributed by atoms with Crippen LogP contribution in [0.25, 0.3) is 0 Å². The van der Waals surface area contributed by atoms with Gasteiger partial charge in [-0.3, -0.25) is 9.79 Å². The van der Waals surface area contributed by atoms with Gasteiger partial charge in [0.15, 0.2) is 5.17 Å². The number of fused-ring (bicyclic) bond motifs is 1. The zero-order chi connectivity index (χ0) is 21.3. The van der Waals surface area contributed by atoms with Crippen LogP contribution in [0.4, 0.5) is 11.4 Å². The van der Waals surface area contributed by atoms with Crippen LogP contribution in [0.1, 0.15) is 11.3 Å². The number of benzene rings is 1. The van der Waals surface area contributed by atoms with Gasteiger partial charge in [-0.1, -0.05) is 17.8 Å². The van der Waals surface area contributed by atoms with Crippen molar-refractivity contribution in [3.63, 3.8) is 0 Å². The summed E-state index contributed by atoms with van der Waals surface area (Å²) in [4.78, 5) is 20.6. The first-order chi connectivity index (χ1) is 14.4. The van der Waals surface area contributed by atoms with Crippen LogP contribution in [0.3, 0.4) is 0 Å². The van der Waals surface area contributed by atoms with Crippen molar-refractivity contribution in [3.8, 4) is 0 Å². The van der Waals surface area contributed by atoms with E-state index in [-0.39, 0.29) is 17.6 Å². The van der Waals surface area contributed by atoms with Crippen LogP contribution in [-0.4, -0.2) is 58.9 Å². The number of hydrogen-bond acceptors (Lipinski definition) is 8. The van der Waals surface area contributed by atoms with Crippen molar-refractivity contribution >= 4 is 45.5 Å². The van der Waals surface area contributed by atoms with Gasteiger partial charge < -0.3 is 25.7 Å². The molecule has 1 aliphatic carbocycles. The van der Waals surface area contributed by atoms with Gasteiger partial charge in [0, 0.05) is 35.6 Å². The van der Waals surface area contributed by atoms with Crippen molar-refractivity contribution in [1.29, 1.82) is 0 Å². The van der Waals surface area contributed by atoms with Crippen molar-refractivity contribution < 1.29 is 15.0 Å². The molecule has 1 amide bonds. The first-order valence-corrected chi connectivity index (χ1v) is 11.6. The fraction of sp³-hybridized carbons (Fsp3) is 0.429. The number of aliphatic hydroxyl groups is 2. The molecule has 2 heterocycles. The predicted molar refractivity (Wildman–Crippen MR) is 123 cm³/mol. The van der Waals surface area contributed by atoms with Crippen LogP contribution in [0.2, 0.25) is 0 Å². The second-order valence-corrected chi connectivity index (χ2v) is 9.97. The van der Waals surface area contributed by atoms with E-state index in [0.29, 0.717) is 11.7 Å². The van der Waals surface area contributed by atoms with E-state index in [4.69, 9.17) is 0 Å². The quantitative estimate of drug-likeness (QED) is 0.562. The smallest absolute Gasteiger partial charge is 0.224 e. The second-order valence-electron chi connectivity index (χ2n) is 7.77. The third-order valence-electron chi connectivity index (χ3n) is 5.48. The molecule has 0 radical (unpaired) electrons. The Balaban J connectivity index is 1.44. The Bertz CT molecular complexity index is 901. The number of hydrogen-bond donors (Lipinski definition) is 4. The number of anilines is 2. The van der Waals surface area contributed by atoms with Gasteiger partial charge in [-0.05, 0) is 42.1 Å². The molecule has 4 rings (SSSR count). The minimum absolute atomic E-state index is 0.108. The minimum atomic E-state index is -0.973. The van der Waals surface area contributed by atoms with Gasteiger partial charge in [-0.15, -0.1) is 11.3 Å². The lowest BCUT2D eigenvalue weighted by Gasteiger charge is -2.37. The lowest BCUT2D eigenvalue weighted by molar-refractivity contribution is -0.129. The molecule has 4 N–H and O–H groups in total. The summed E-state index contributed by atoms with van der Waals surface area (Å²) in [5.41, 5.74) is 1.98. The van der Waals surface area contributed by atoms with Crippen molar-refractivity contribution in [2.24, 2.45) is 10.9 Å². The molecule has 0 bridgehead atoms. The normalized spacial score (nSPS) is 27.9. The number of aliphatic imine (C=N–C) groups is 1. The highest BCUT2D eigenvalue weighted by atomic mass is 32.2. The molecule has 1 aromatic carbocycles.